The maximum Gasteiger partial charge on any atom is 0.249 e. The van der Waals surface area contributed by atoms with E-state index in [2.05, 4.69) is 12.2 Å². The van der Waals surface area contributed by atoms with E-state index in [1.165, 1.54) is 12.8 Å². The van der Waals surface area contributed by atoms with Crippen LogP contribution >= 0.6 is 11.3 Å². The number of nitrogens with two attached hydrogens (primary N) is 1. The van der Waals surface area contributed by atoms with Crippen LogP contribution in [0.5, 0.6) is 0 Å². The van der Waals surface area contributed by atoms with E-state index in [9.17, 15) is 4.79 Å². The molecular weight excluding hydrogens is 300 g/mol. The highest BCUT2D eigenvalue weighted by atomic mass is 32.1. The SMILES string of the molecule is CC1CCC2(CC1)OCC(CNCc1cc(C(N)=O)cs1)O2. The van der Waals surface area contributed by atoms with Crippen molar-refractivity contribution in [1.82, 2.24) is 5.32 Å². The van der Waals surface area contributed by atoms with Crippen molar-refractivity contribution in [2.75, 3.05) is 13.2 Å². The van der Waals surface area contributed by atoms with Gasteiger partial charge in [0.05, 0.1) is 18.3 Å². The van der Waals surface area contributed by atoms with Crippen molar-refractivity contribution in [3.8, 4) is 0 Å². The van der Waals surface area contributed by atoms with Crippen LogP contribution in [-0.4, -0.2) is 30.9 Å². The van der Waals surface area contributed by atoms with Gasteiger partial charge < -0.3 is 20.5 Å². The number of hydrogen-bond donors (Lipinski definition) is 2. The van der Waals surface area contributed by atoms with Gasteiger partial charge in [0.1, 0.15) is 0 Å². The third kappa shape index (κ3) is 3.68. The zero-order chi connectivity index (χ0) is 15.6. The van der Waals surface area contributed by atoms with Crippen molar-refractivity contribution < 1.29 is 14.3 Å². The first kappa shape index (κ1) is 15.9. The minimum absolute atomic E-state index is 0.115. The lowest BCUT2D eigenvalue weighted by Crippen LogP contribution is -2.37. The van der Waals surface area contributed by atoms with E-state index >= 15 is 0 Å². The monoisotopic (exact) mass is 324 g/mol. The predicted molar refractivity (Wildman–Crippen MR) is 85.7 cm³/mol. The van der Waals surface area contributed by atoms with Gasteiger partial charge in [0, 0.05) is 36.2 Å². The molecule has 1 saturated carbocycles. The lowest BCUT2D eigenvalue weighted by molar-refractivity contribution is -0.191. The van der Waals surface area contributed by atoms with E-state index in [1.807, 2.05) is 6.07 Å². The van der Waals surface area contributed by atoms with Gasteiger partial charge in [-0.15, -0.1) is 11.3 Å². The predicted octanol–water partition coefficient (Wildman–Crippen LogP) is 2.26. The van der Waals surface area contributed by atoms with Crippen LogP contribution in [0.15, 0.2) is 11.4 Å². The Bertz CT molecular complexity index is 523. The molecule has 1 aliphatic carbocycles. The van der Waals surface area contributed by atoms with Crippen molar-refractivity contribution in [3.05, 3.63) is 21.9 Å². The summed E-state index contributed by atoms with van der Waals surface area (Å²) in [5.41, 5.74) is 5.84. The molecular formula is C16H24N2O3S. The Morgan fingerprint density at radius 3 is 2.95 bits per heavy atom. The van der Waals surface area contributed by atoms with Gasteiger partial charge in [-0.2, -0.15) is 0 Å². The molecule has 6 heteroatoms. The molecule has 2 aliphatic rings. The fourth-order valence-corrected chi connectivity index (χ4v) is 3.98. The zero-order valence-corrected chi connectivity index (χ0v) is 13.8. The molecule has 5 nitrogen and oxygen atoms in total. The number of nitrogens with one attached hydrogen (secondary N) is 1. The maximum absolute atomic E-state index is 11.1. The minimum atomic E-state index is -0.372. The number of primary amides is 1. The molecule has 0 radical (unpaired) electrons. The molecule has 3 rings (SSSR count). The van der Waals surface area contributed by atoms with Crippen molar-refractivity contribution >= 4 is 17.2 Å². The first-order chi connectivity index (χ1) is 10.6. The number of ether oxygens (including phenoxy) is 2. The number of amides is 1. The van der Waals surface area contributed by atoms with Crippen molar-refractivity contribution in [2.24, 2.45) is 11.7 Å². The Kier molecular flexibility index (Phi) is 4.82. The molecule has 122 valence electrons. The smallest absolute Gasteiger partial charge is 0.249 e. The zero-order valence-electron chi connectivity index (χ0n) is 13.0. The summed E-state index contributed by atoms with van der Waals surface area (Å²) < 4.78 is 12.1. The third-order valence-electron chi connectivity index (χ3n) is 4.56. The number of thiophene rings is 1. The molecule has 1 atom stereocenters. The van der Waals surface area contributed by atoms with E-state index in [0.29, 0.717) is 12.2 Å². The average Bonchev–Trinajstić information content (AvgIpc) is 3.11. The van der Waals surface area contributed by atoms with E-state index < -0.39 is 0 Å². The topological polar surface area (TPSA) is 73.6 Å². The van der Waals surface area contributed by atoms with Crippen LogP contribution in [0.4, 0.5) is 0 Å². The van der Waals surface area contributed by atoms with Gasteiger partial charge in [-0.1, -0.05) is 6.92 Å². The summed E-state index contributed by atoms with van der Waals surface area (Å²) in [6.07, 6.45) is 4.51. The van der Waals surface area contributed by atoms with E-state index in [1.54, 1.807) is 16.7 Å². The minimum Gasteiger partial charge on any atom is -0.366 e. The van der Waals surface area contributed by atoms with Crippen LogP contribution in [0.3, 0.4) is 0 Å². The Labute approximate surface area is 135 Å². The fourth-order valence-electron chi connectivity index (χ4n) is 3.14. The van der Waals surface area contributed by atoms with Crippen molar-refractivity contribution in [3.63, 3.8) is 0 Å². The fraction of sp³-hybridized carbons (Fsp3) is 0.688. The Morgan fingerprint density at radius 2 is 2.27 bits per heavy atom. The molecule has 1 aliphatic heterocycles. The van der Waals surface area contributed by atoms with Gasteiger partial charge in [-0.3, -0.25) is 4.79 Å². The molecule has 0 bridgehead atoms. The summed E-state index contributed by atoms with van der Waals surface area (Å²) in [6, 6.07) is 1.84. The molecule has 1 spiro atoms. The van der Waals surface area contributed by atoms with Crippen LogP contribution in [0.25, 0.3) is 0 Å². The van der Waals surface area contributed by atoms with Gasteiger partial charge in [-0.05, 0) is 24.8 Å². The highest BCUT2D eigenvalue weighted by Crippen LogP contribution is 2.39. The molecule has 1 unspecified atom stereocenters. The summed E-state index contributed by atoms with van der Waals surface area (Å²) in [5.74, 6) is 0.0952. The second-order valence-electron chi connectivity index (χ2n) is 6.44. The second-order valence-corrected chi connectivity index (χ2v) is 7.44. The van der Waals surface area contributed by atoms with Crippen LogP contribution in [0.2, 0.25) is 0 Å². The first-order valence-electron chi connectivity index (χ1n) is 7.96. The summed E-state index contributed by atoms with van der Waals surface area (Å²) in [6.45, 7) is 4.45. The second kappa shape index (κ2) is 6.66. The van der Waals surface area contributed by atoms with Gasteiger partial charge in [0.15, 0.2) is 5.79 Å². The first-order valence-corrected chi connectivity index (χ1v) is 8.84. The number of carbonyl (C=O) groups is 1. The number of carbonyl (C=O) groups excluding carboxylic acids is 1. The number of hydrogen-bond acceptors (Lipinski definition) is 5. The Balaban J connectivity index is 1.42. The van der Waals surface area contributed by atoms with Gasteiger partial charge in [0.25, 0.3) is 0 Å². The van der Waals surface area contributed by atoms with Crippen LogP contribution in [-0.2, 0) is 16.0 Å². The summed E-state index contributed by atoms with van der Waals surface area (Å²) >= 11 is 1.55. The van der Waals surface area contributed by atoms with E-state index in [0.717, 1.165) is 36.7 Å². The molecule has 1 aromatic heterocycles. The molecule has 2 fully saturated rings. The Hall–Kier alpha value is -0.950. The summed E-state index contributed by atoms with van der Waals surface area (Å²) in [7, 11) is 0. The van der Waals surface area contributed by atoms with Crippen molar-refractivity contribution in [1.29, 1.82) is 0 Å². The van der Waals surface area contributed by atoms with Gasteiger partial charge in [-0.25, -0.2) is 0 Å². The van der Waals surface area contributed by atoms with Crippen molar-refractivity contribution in [2.45, 2.75) is 51.0 Å². The maximum atomic E-state index is 11.1. The lowest BCUT2D eigenvalue weighted by atomic mass is 9.86. The average molecular weight is 324 g/mol. The molecule has 22 heavy (non-hydrogen) atoms. The molecule has 3 N–H and O–H groups in total. The van der Waals surface area contributed by atoms with E-state index in [4.69, 9.17) is 15.2 Å². The normalized spacial score (nSPS) is 31.7. The number of rotatable bonds is 5. The largest absolute Gasteiger partial charge is 0.366 e. The standard InChI is InChI=1S/C16H24N2O3S/c1-11-2-4-16(5-3-11)20-9-13(21-16)7-18-8-14-6-12(10-22-14)15(17)19/h6,10-11,13,18H,2-5,7-9H2,1H3,(H2,17,19). The highest BCUT2D eigenvalue weighted by Gasteiger charge is 2.43. The summed E-state index contributed by atoms with van der Waals surface area (Å²) in [5, 5.41) is 5.18. The van der Waals surface area contributed by atoms with Crippen LogP contribution in [0.1, 0.15) is 47.8 Å². The Morgan fingerprint density at radius 1 is 1.50 bits per heavy atom. The molecule has 1 saturated heterocycles. The van der Waals surface area contributed by atoms with Crippen LogP contribution in [0, 0.1) is 5.92 Å². The van der Waals surface area contributed by atoms with Gasteiger partial charge >= 0.3 is 0 Å². The van der Waals surface area contributed by atoms with E-state index in [-0.39, 0.29) is 17.8 Å². The van der Waals surface area contributed by atoms with Gasteiger partial charge in [0.2, 0.25) is 5.91 Å². The molecule has 2 heterocycles. The third-order valence-corrected chi connectivity index (χ3v) is 5.50. The molecule has 1 aromatic rings. The lowest BCUT2D eigenvalue weighted by Gasteiger charge is -2.34. The van der Waals surface area contributed by atoms with Crippen LogP contribution < -0.4 is 11.1 Å². The molecule has 0 aromatic carbocycles. The highest BCUT2D eigenvalue weighted by molar-refractivity contribution is 7.10. The summed E-state index contributed by atoms with van der Waals surface area (Å²) in [4.78, 5) is 12.2. The molecule has 1 amide bonds. The quantitative estimate of drug-likeness (QED) is 0.871.